The second-order valence-corrected chi connectivity index (χ2v) is 3.71. The first-order chi connectivity index (χ1) is 6.77. The van der Waals surface area contributed by atoms with Crippen molar-refractivity contribution < 1.29 is 0 Å². The molecule has 0 unspecified atom stereocenters. The molecule has 0 spiro atoms. The van der Waals surface area contributed by atoms with E-state index in [4.69, 9.17) is 0 Å². The van der Waals surface area contributed by atoms with Crippen LogP contribution in [0, 0.1) is 3.70 Å². The smallest absolute Gasteiger partial charge is 0.256 e. The Labute approximate surface area is 93.8 Å². The molecule has 0 atom stereocenters. The monoisotopic (exact) mass is 299 g/mol. The van der Waals surface area contributed by atoms with Crippen LogP contribution in [0.1, 0.15) is 0 Å². The summed E-state index contributed by atoms with van der Waals surface area (Å²) in [6.45, 7) is 0. The molecule has 0 saturated heterocycles. The molecule has 70 valence electrons. The normalized spacial score (nSPS) is 10.1. The summed E-state index contributed by atoms with van der Waals surface area (Å²) in [6, 6.07) is 4.96. The number of nitrogens with zero attached hydrogens (tertiary/aromatic N) is 3. The minimum absolute atomic E-state index is 0.108. The number of halogens is 1. The zero-order chi connectivity index (χ0) is 9.97. The third-order valence-corrected chi connectivity index (χ3v) is 2.18. The quantitative estimate of drug-likeness (QED) is 0.744. The van der Waals surface area contributed by atoms with Crippen LogP contribution in [-0.4, -0.2) is 14.5 Å². The minimum Gasteiger partial charge on any atom is -0.269 e. The molecular weight excluding hydrogens is 293 g/mol. The van der Waals surface area contributed by atoms with Crippen LogP contribution in [0.4, 0.5) is 0 Å². The highest BCUT2D eigenvalue weighted by molar-refractivity contribution is 14.1. The first-order valence-corrected chi connectivity index (χ1v) is 5.01. The zero-order valence-electron chi connectivity index (χ0n) is 7.09. The fourth-order valence-electron chi connectivity index (χ4n) is 1.07. The molecule has 4 nitrogen and oxygen atoms in total. The summed E-state index contributed by atoms with van der Waals surface area (Å²) in [6.07, 6.45) is 4.87. The third kappa shape index (κ3) is 1.82. The zero-order valence-corrected chi connectivity index (χ0v) is 9.25. The van der Waals surface area contributed by atoms with Crippen molar-refractivity contribution in [2.24, 2.45) is 0 Å². The number of pyridine rings is 1. The van der Waals surface area contributed by atoms with Crippen LogP contribution in [-0.2, 0) is 0 Å². The van der Waals surface area contributed by atoms with Crippen molar-refractivity contribution >= 4 is 22.6 Å². The van der Waals surface area contributed by atoms with E-state index in [1.54, 1.807) is 30.7 Å². The fourth-order valence-corrected chi connectivity index (χ4v) is 1.47. The van der Waals surface area contributed by atoms with E-state index >= 15 is 0 Å². The van der Waals surface area contributed by atoms with Crippen molar-refractivity contribution in [3.8, 4) is 5.82 Å². The fraction of sp³-hybridized carbons (Fsp3) is 0. The Bertz CT molecular complexity index is 509. The van der Waals surface area contributed by atoms with E-state index in [1.807, 2.05) is 0 Å². The lowest BCUT2D eigenvalue weighted by molar-refractivity contribution is 0.916. The first kappa shape index (κ1) is 9.32. The molecule has 0 aromatic carbocycles. The van der Waals surface area contributed by atoms with Gasteiger partial charge in [-0.3, -0.25) is 14.3 Å². The van der Waals surface area contributed by atoms with Crippen LogP contribution >= 0.6 is 22.6 Å². The molecular formula is C9H6IN3O. The summed E-state index contributed by atoms with van der Waals surface area (Å²) in [7, 11) is 0. The van der Waals surface area contributed by atoms with Gasteiger partial charge >= 0.3 is 0 Å². The minimum atomic E-state index is -0.108. The van der Waals surface area contributed by atoms with Crippen LogP contribution in [0.15, 0.2) is 41.6 Å². The summed E-state index contributed by atoms with van der Waals surface area (Å²) in [5, 5.41) is 0. The molecule has 0 radical (unpaired) electrons. The molecule has 0 N–H and O–H groups in total. The SMILES string of the molecule is O=c1ccccn1-c1cncc(I)n1. The number of hydrogen-bond donors (Lipinski definition) is 0. The van der Waals surface area contributed by atoms with Crippen molar-refractivity contribution in [2.75, 3.05) is 0 Å². The van der Waals surface area contributed by atoms with Crippen molar-refractivity contribution in [1.82, 2.24) is 14.5 Å². The van der Waals surface area contributed by atoms with Gasteiger partial charge in [-0.1, -0.05) is 6.07 Å². The van der Waals surface area contributed by atoms with Crippen LogP contribution in [0.2, 0.25) is 0 Å². The molecule has 2 aromatic heterocycles. The molecule has 0 fully saturated rings. The average molecular weight is 299 g/mol. The summed E-state index contributed by atoms with van der Waals surface area (Å²) >= 11 is 2.05. The van der Waals surface area contributed by atoms with Crippen LogP contribution in [0.25, 0.3) is 5.82 Å². The molecule has 0 aliphatic carbocycles. The number of rotatable bonds is 1. The average Bonchev–Trinajstić information content (AvgIpc) is 2.18. The number of aromatic nitrogens is 3. The Hall–Kier alpha value is -1.24. The lowest BCUT2D eigenvalue weighted by atomic mass is 10.4. The molecule has 0 amide bonds. The van der Waals surface area contributed by atoms with Crippen molar-refractivity contribution in [2.45, 2.75) is 0 Å². The highest BCUT2D eigenvalue weighted by Gasteiger charge is 1.99. The van der Waals surface area contributed by atoms with Gasteiger partial charge in [0.25, 0.3) is 5.56 Å². The van der Waals surface area contributed by atoms with Gasteiger partial charge in [-0.15, -0.1) is 0 Å². The molecule has 0 aliphatic heterocycles. The van der Waals surface area contributed by atoms with E-state index in [1.165, 1.54) is 10.6 Å². The lowest BCUT2D eigenvalue weighted by Gasteiger charge is -2.02. The Morgan fingerprint density at radius 1 is 1.29 bits per heavy atom. The molecule has 14 heavy (non-hydrogen) atoms. The maximum absolute atomic E-state index is 11.4. The van der Waals surface area contributed by atoms with Gasteiger partial charge in [0.05, 0.1) is 12.4 Å². The number of hydrogen-bond acceptors (Lipinski definition) is 3. The maximum atomic E-state index is 11.4. The molecule has 0 saturated carbocycles. The topological polar surface area (TPSA) is 47.8 Å². The third-order valence-electron chi connectivity index (χ3n) is 1.66. The summed E-state index contributed by atoms with van der Waals surface area (Å²) in [5.41, 5.74) is -0.108. The standard InChI is InChI=1S/C9H6IN3O/c10-7-5-11-6-8(12-7)13-4-2-1-3-9(13)14/h1-6H. The van der Waals surface area contributed by atoms with Crippen LogP contribution in [0.3, 0.4) is 0 Å². The van der Waals surface area contributed by atoms with E-state index in [2.05, 4.69) is 32.6 Å². The Balaban J connectivity index is 2.61. The van der Waals surface area contributed by atoms with E-state index in [9.17, 15) is 4.79 Å². The lowest BCUT2D eigenvalue weighted by Crippen LogP contribution is -2.17. The molecule has 2 aromatic rings. The Morgan fingerprint density at radius 2 is 2.14 bits per heavy atom. The van der Waals surface area contributed by atoms with Crippen LogP contribution in [0.5, 0.6) is 0 Å². The van der Waals surface area contributed by atoms with E-state index in [0.29, 0.717) is 5.82 Å². The predicted molar refractivity (Wildman–Crippen MR) is 60.3 cm³/mol. The summed E-state index contributed by atoms with van der Waals surface area (Å²) in [4.78, 5) is 19.6. The van der Waals surface area contributed by atoms with Gasteiger partial charge in [0, 0.05) is 12.3 Å². The van der Waals surface area contributed by atoms with E-state index < -0.39 is 0 Å². The summed E-state index contributed by atoms with van der Waals surface area (Å²) < 4.78 is 2.21. The Kier molecular flexibility index (Phi) is 2.58. The van der Waals surface area contributed by atoms with Gasteiger partial charge in [0.2, 0.25) is 0 Å². The van der Waals surface area contributed by atoms with Gasteiger partial charge in [0.15, 0.2) is 5.82 Å². The Morgan fingerprint density at radius 3 is 2.86 bits per heavy atom. The largest absolute Gasteiger partial charge is 0.269 e. The molecule has 0 bridgehead atoms. The van der Waals surface area contributed by atoms with Gasteiger partial charge in [-0.05, 0) is 28.7 Å². The van der Waals surface area contributed by atoms with Gasteiger partial charge in [0.1, 0.15) is 3.70 Å². The molecule has 0 aliphatic rings. The molecule has 5 heteroatoms. The van der Waals surface area contributed by atoms with Crippen LogP contribution < -0.4 is 5.56 Å². The van der Waals surface area contributed by atoms with Crippen molar-refractivity contribution in [1.29, 1.82) is 0 Å². The molecule has 2 rings (SSSR count). The summed E-state index contributed by atoms with van der Waals surface area (Å²) in [5.74, 6) is 0.544. The highest BCUT2D eigenvalue weighted by atomic mass is 127. The van der Waals surface area contributed by atoms with E-state index in [-0.39, 0.29) is 5.56 Å². The van der Waals surface area contributed by atoms with Crippen molar-refractivity contribution in [3.05, 3.63) is 50.8 Å². The van der Waals surface area contributed by atoms with Gasteiger partial charge < -0.3 is 0 Å². The van der Waals surface area contributed by atoms with E-state index in [0.717, 1.165) is 3.70 Å². The van der Waals surface area contributed by atoms with Gasteiger partial charge in [-0.2, -0.15) is 0 Å². The molecule has 2 heterocycles. The predicted octanol–water partition coefficient (Wildman–Crippen LogP) is 1.23. The second kappa shape index (κ2) is 3.87. The maximum Gasteiger partial charge on any atom is 0.256 e. The second-order valence-electron chi connectivity index (χ2n) is 2.61. The van der Waals surface area contributed by atoms with Crippen molar-refractivity contribution in [3.63, 3.8) is 0 Å². The highest BCUT2D eigenvalue weighted by Crippen LogP contribution is 2.02. The first-order valence-electron chi connectivity index (χ1n) is 3.93. The van der Waals surface area contributed by atoms with Gasteiger partial charge in [-0.25, -0.2) is 4.98 Å².